The Bertz CT molecular complexity index is 543. The minimum Gasteiger partial charge on any atom is -0.356 e. The molecule has 118 valence electrons. The molecule has 22 heavy (non-hydrogen) atoms. The third-order valence-electron chi connectivity index (χ3n) is 5.35. The van der Waals surface area contributed by atoms with Gasteiger partial charge in [-0.05, 0) is 43.2 Å². The standard InChI is InChI=1S/C17H24N4O/c22-17(21-11-13-9-18-10-14(13)12-21)15-5-4-6-19-16(15)20-7-2-1-3-8-20/h4-6,13-14,18H,1-3,7-12H2/t13-,14+. The van der Waals surface area contributed by atoms with E-state index in [1.807, 2.05) is 23.2 Å². The number of fused-ring (bicyclic) bond motifs is 1. The fourth-order valence-electron chi connectivity index (χ4n) is 4.11. The number of aromatic nitrogens is 1. The van der Waals surface area contributed by atoms with Crippen molar-refractivity contribution in [2.45, 2.75) is 19.3 Å². The van der Waals surface area contributed by atoms with Crippen LogP contribution in [0.15, 0.2) is 18.3 Å². The third-order valence-corrected chi connectivity index (χ3v) is 5.35. The normalized spacial score (nSPS) is 28.0. The van der Waals surface area contributed by atoms with Crippen molar-refractivity contribution in [1.29, 1.82) is 0 Å². The molecule has 3 saturated heterocycles. The number of piperidine rings is 1. The number of carbonyl (C=O) groups is 1. The number of amides is 1. The number of nitrogens with one attached hydrogen (secondary N) is 1. The van der Waals surface area contributed by atoms with Crippen LogP contribution in [-0.4, -0.2) is 55.1 Å². The topological polar surface area (TPSA) is 48.5 Å². The summed E-state index contributed by atoms with van der Waals surface area (Å²) in [6, 6.07) is 3.84. The molecular formula is C17H24N4O. The van der Waals surface area contributed by atoms with E-state index in [-0.39, 0.29) is 5.91 Å². The Balaban J connectivity index is 1.55. The van der Waals surface area contributed by atoms with Crippen molar-refractivity contribution in [3.8, 4) is 0 Å². The van der Waals surface area contributed by atoms with Gasteiger partial charge in [-0.15, -0.1) is 0 Å². The van der Waals surface area contributed by atoms with Crippen LogP contribution in [0.5, 0.6) is 0 Å². The second-order valence-electron chi connectivity index (χ2n) is 6.81. The van der Waals surface area contributed by atoms with Crippen molar-refractivity contribution in [3.05, 3.63) is 23.9 Å². The molecule has 1 aromatic heterocycles. The lowest BCUT2D eigenvalue weighted by molar-refractivity contribution is 0.0782. The molecule has 3 aliphatic heterocycles. The highest BCUT2D eigenvalue weighted by molar-refractivity contribution is 5.99. The van der Waals surface area contributed by atoms with E-state index in [4.69, 9.17) is 0 Å². The Morgan fingerprint density at radius 1 is 1.14 bits per heavy atom. The molecule has 0 unspecified atom stereocenters. The van der Waals surface area contributed by atoms with Crippen molar-refractivity contribution in [2.75, 3.05) is 44.2 Å². The molecule has 0 bridgehead atoms. The Hall–Kier alpha value is -1.62. The fraction of sp³-hybridized carbons (Fsp3) is 0.647. The van der Waals surface area contributed by atoms with Crippen LogP contribution in [0.1, 0.15) is 29.6 Å². The predicted octanol–water partition coefficient (Wildman–Crippen LogP) is 1.36. The lowest BCUT2D eigenvalue weighted by atomic mass is 10.0. The zero-order chi connectivity index (χ0) is 14.9. The quantitative estimate of drug-likeness (QED) is 0.896. The predicted molar refractivity (Wildman–Crippen MR) is 86.1 cm³/mol. The molecule has 5 nitrogen and oxygen atoms in total. The van der Waals surface area contributed by atoms with Gasteiger partial charge in [0, 0.05) is 45.5 Å². The lowest BCUT2D eigenvalue weighted by Crippen LogP contribution is -2.35. The number of hydrogen-bond donors (Lipinski definition) is 1. The summed E-state index contributed by atoms with van der Waals surface area (Å²) in [7, 11) is 0. The van der Waals surface area contributed by atoms with Crippen molar-refractivity contribution in [2.24, 2.45) is 11.8 Å². The fourth-order valence-corrected chi connectivity index (χ4v) is 4.11. The first-order valence-electron chi connectivity index (χ1n) is 8.53. The number of nitrogens with zero attached hydrogens (tertiary/aromatic N) is 3. The van der Waals surface area contributed by atoms with E-state index in [2.05, 4.69) is 15.2 Å². The number of carbonyl (C=O) groups excluding carboxylic acids is 1. The Labute approximate surface area is 131 Å². The summed E-state index contributed by atoms with van der Waals surface area (Å²) in [5.41, 5.74) is 0.789. The van der Waals surface area contributed by atoms with Crippen LogP contribution in [0.2, 0.25) is 0 Å². The minimum atomic E-state index is 0.170. The first kappa shape index (κ1) is 14.0. The number of hydrogen-bond acceptors (Lipinski definition) is 4. The Kier molecular flexibility index (Phi) is 3.74. The molecule has 3 aliphatic rings. The van der Waals surface area contributed by atoms with E-state index in [1.165, 1.54) is 19.3 Å². The van der Waals surface area contributed by atoms with Crippen LogP contribution >= 0.6 is 0 Å². The van der Waals surface area contributed by atoms with E-state index in [1.54, 1.807) is 0 Å². The highest BCUT2D eigenvalue weighted by atomic mass is 16.2. The molecule has 5 heteroatoms. The summed E-state index contributed by atoms with van der Waals surface area (Å²) in [5, 5.41) is 3.43. The Morgan fingerprint density at radius 3 is 2.59 bits per heavy atom. The smallest absolute Gasteiger partial charge is 0.257 e. The van der Waals surface area contributed by atoms with Gasteiger partial charge in [0.2, 0.25) is 0 Å². The molecule has 2 atom stereocenters. The van der Waals surface area contributed by atoms with Gasteiger partial charge in [0.25, 0.3) is 5.91 Å². The van der Waals surface area contributed by atoms with Crippen LogP contribution in [0.3, 0.4) is 0 Å². The first-order chi connectivity index (χ1) is 10.8. The van der Waals surface area contributed by atoms with Crippen molar-refractivity contribution < 1.29 is 4.79 Å². The average molecular weight is 300 g/mol. The van der Waals surface area contributed by atoms with Gasteiger partial charge in [0.15, 0.2) is 0 Å². The van der Waals surface area contributed by atoms with E-state index < -0.39 is 0 Å². The molecule has 0 spiro atoms. The van der Waals surface area contributed by atoms with Gasteiger partial charge < -0.3 is 15.1 Å². The number of rotatable bonds is 2. The maximum absolute atomic E-state index is 13.0. The van der Waals surface area contributed by atoms with Gasteiger partial charge in [0.05, 0.1) is 5.56 Å². The molecule has 1 amide bonds. The second kappa shape index (κ2) is 5.88. The van der Waals surface area contributed by atoms with E-state index in [0.29, 0.717) is 11.8 Å². The molecule has 1 aromatic rings. The summed E-state index contributed by atoms with van der Waals surface area (Å²) in [6.07, 6.45) is 5.49. The summed E-state index contributed by atoms with van der Waals surface area (Å²) >= 11 is 0. The van der Waals surface area contributed by atoms with Crippen molar-refractivity contribution in [3.63, 3.8) is 0 Å². The van der Waals surface area contributed by atoms with Crippen molar-refractivity contribution in [1.82, 2.24) is 15.2 Å². The molecule has 0 saturated carbocycles. The monoisotopic (exact) mass is 300 g/mol. The van der Waals surface area contributed by atoms with Crippen LogP contribution in [0.4, 0.5) is 5.82 Å². The summed E-state index contributed by atoms with van der Waals surface area (Å²) in [6.45, 7) is 5.94. The van der Waals surface area contributed by atoms with E-state index >= 15 is 0 Å². The van der Waals surface area contributed by atoms with Gasteiger partial charge in [-0.1, -0.05) is 0 Å². The molecule has 0 aromatic carbocycles. The summed E-state index contributed by atoms with van der Waals surface area (Å²) in [5.74, 6) is 2.34. The zero-order valence-corrected chi connectivity index (χ0v) is 13.0. The van der Waals surface area contributed by atoms with Gasteiger partial charge >= 0.3 is 0 Å². The highest BCUT2D eigenvalue weighted by Crippen LogP contribution is 2.29. The van der Waals surface area contributed by atoms with E-state index in [9.17, 15) is 4.79 Å². The molecule has 0 aliphatic carbocycles. The maximum atomic E-state index is 13.0. The average Bonchev–Trinajstić information content (AvgIpc) is 3.17. The van der Waals surface area contributed by atoms with Crippen LogP contribution in [0, 0.1) is 11.8 Å². The maximum Gasteiger partial charge on any atom is 0.257 e. The summed E-state index contributed by atoms with van der Waals surface area (Å²) < 4.78 is 0. The molecular weight excluding hydrogens is 276 g/mol. The molecule has 3 fully saturated rings. The van der Waals surface area contributed by atoms with Crippen molar-refractivity contribution >= 4 is 11.7 Å². The number of pyridine rings is 1. The zero-order valence-electron chi connectivity index (χ0n) is 13.0. The number of anilines is 1. The number of likely N-dealkylation sites (tertiary alicyclic amines) is 1. The first-order valence-corrected chi connectivity index (χ1v) is 8.53. The third kappa shape index (κ3) is 2.47. The van der Waals surface area contributed by atoms with Crippen LogP contribution in [-0.2, 0) is 0 Å². The van der Waals surface area contributed by atoms with Gasteiger partial charge in [-0.2, -0.15) is 0 Å². The SMILES string of the molecule is O=C(c1cccnc1N1CCCCC1)N1C[C@H]2CNC[C@H]2C1. The van der Waals surface area contributed by atoms with Gasteiger partial charge in [-0.25, -0.2) is 4.98 Å². The Morgan fingerprint density at radius 2 is 1.86 bits per heavy atom. The molecule has 1 N–H and O–H groups in total. The van der Waals surface area contributed by atoms with Gasteiger partial charge in [-0.3, -0.25) is 4.79 Å². The van der Waals surface area contributed by atoms with Gasteiger partial charge in [0.1, 0.15) is 5.82 Å². The van der Waals surface area contributed by atoms with E-state index in [0.717, 1.165) is 50.6 Å². The molecule has 4 rings (SSSR count). The molecule has 0 radical (unpaired) electrons. The molecule has 4 heterocycles. The largest absolute Gasteiger partial charge is 0.356 e. The second-order valence-corrected chi connectivity index (χ2v) is 6.81. The lowest BCUT2D eigenvalue weighted by Gasteiger charge is -2.30. The minimum absolute atomic E-state index is 0.170. The summed E-state index contributed by atoms with van der Waals surface area (Å²) in [4.78, 5) is 21.8. The van der Waals surface area contributed by atoms with Crippen LogP contribution in [0.25, 0.3) is 0 Å². The highest BCUT2D eigenvalue weighted by Gasteiger charge is 2.39. The van der Waals surface area contributed by atoms with Crippen LogP contribution < -0.4 is 10.2 Å².